The van der Waals surface area contributed by atoms with Gasteiger partial charge in [-0.1, -0.05) is 11.6 Å². The maximum atomic E-state index is 11.2. The SMILES string of the molecule is O=C(NOC(Cl)C(Cl)Cl)OCCN1CCOCC1. The first-order valence-corrected chi connectivity index (χ1v) is 6.71. The third-order valence-corrected chi connectivity index (χ3v) is 3.25. The first-order chi connectivity index (χ1) is 8.59. The fourth-order valence-corrected chi connectivity index (χ4v) is 1.42. The van der Waals surface area contributed by atoms with Crippen LogP contribution in [0.1, 0.15) is 0 Å². The summed E-state index contributed by atoms with van der Waals surface area (Å²) in [6.45, 7) is 3.99. The summed E-state index contributed by atoms with van der Waals surface area (Å²) in [6.07, 6.45) is -0.733. The van der Waals surface area contributed by atoms with Gasteiger partial charge in [0.15, 0.2) is 5.56 Å². The van der Waals surface area contributed by atoms with Gasteiger partial charge < -0.3 is 9.47 Å². The number of hydroxylamine groups is 1. The van der Waals surface area contributed by atoms with Crippen LogP contribution in [-0.2, 0) is 14.3 Å². The Hall–Kier alpha value is 0.0200. The monoisotopic (exact) mass is 320 g/mol. The summed E-state index contributed by atoms with van der Waals surface area (Å²) in [7, 11) is 0. The minimum atomic E-state index is -1.03. The zero-order valence-corrected chi connectivity index (χ0v) is 11.9. The second-order valence-corrected chi connectivity index (χ2v) is 5.09. The van der Waals surface area contributed by atoms with E-state index in [0.717, 1.165) is 13.1 Å². The first-order valence-electron chi connectivity index (χ1n) is 5.40. The molecule has 0 spiro atoms. The lowest BCUT2D eigenvalue weighted by Gasteiger charge is -2.26. The largest absolute Gasteiger partial charge is 0.447 e. The normalized spacial score (nSPS) is 18.7. The number of carbonyl (C=O) groups is 1. The Kier molecular flexibility index (Phi) is 8.05. The molecule has 1 N–H and O–H groups in total. The minimum Gasteiger partial charge on any atom is -0.447 e. The van der Waals surface area contributed by atoms with Crippen molar-refractivity contribution >= 4 is 40.9 Å². The number of hydrogen-bond acceptors (Lipinski definition) is 5. The summed E-state index contributed by atoms with van der Waals surface area (Å²) < 4.78 is 10.1. The molecule has 18 heavy (non-hydrogen) atoms. The molecule has 1 fully saturated rings. The van der Waals surface area contributed by atoms with Gasteiger partial charge in [-0.2, -0.15) is 5.48 Å². The Morgan fingerprint density at radius 1 is 1.33 bits per heavy atom. The maximum absolute atomic E-state index is 11.2. The molecule has 1 atom stereocenters. The first kappa shape index (κ1) is 16.1. The van der Waals surface area contributed by atoms with Crippen LogP contribution < -0.4 is 5.48 Å². The molecule has 1 aliphatic rings. The van der Waals surface area contributed by atoms with Crippen LogP contribution in [0.2, 0.25) is 0 Å². The lowest BCUT2D eigenvalue weighted by molar-refractivity contribution is 0.00482. The van der Waals surface area contributed by atoms with E-state index in [1.807, 2.05) is 5.48 Å². The van der Waals surface area contributed by atoms with Crippen molar-refractivity contribution < 1.29 is 19.1 Å². The topological polar surface area (TPSA) is 60.0 Å². The molecule has 0 radical (unpaired) electrons. The molecular weight excluding hydrogens is 306 g/mol. The molecule has 0 saturated carbocycles. The Morgan fingerprint density at radius 3 is 2.61 bits per heavy atom. The molecule has 0 bridgehead atoms. The molecule has 1 aliphatic heterocycles. The highest BCUT2D eigenvalue weighted by atomic mass is 35.5. The summed E-state index contributed by atoms with van der Waals surface area (Å²) in [5.74, 6) is 0. The van der Waals surface area contributed by atoms with Crippen molar-refractivity contribution in [3.63, 3.8) is 0 Å². The predicted molar refractivity (Wildman–Crippen MR) is 68.0 cm³/mol. The van der Waals surface area contributed by atoms with E-state index in [2.05, 4.69) is 9.74 Å². The van der Waals surface area contributed by atoms with Gasteiger partial charge in [0.05, 0.1) is 13.2 Å². The number of alkyl halides is 3. The molecule has 106 valence electrons. The zero-order valence-electron chi connectivity index (χ0n) is 9.61. The number of carbonyl (C=O) groups excluding carboxylic acids is 1. The molecule has 1 rings (SSSR count). The predicted octanol–water partition coefficient (Wildman–Crippen LogP) is 1.34. The van der Waals surface area contributed by atoms with E-state index in [-0.39, 0.29) is 6.61 Å². The van der Waals surface area contributed by atoms with Gasteiger partial charge in [-0.3, -0.25) is 4.90 Å². The van der Waals surface area contributed by atoms with Crippen LogP contribution in [0, 0.1) is 0 Å². The van der Waals surface area contributed by atoms with Gasteiger partial charge in [-0.25, -0.2) is 9.63 Å². The molecule has 9 heteroatoms. The summed E-state index contributed by atoms with van der Waals surface area (Å²) in [5.41, 5.74) is 0.969. The number of nitrogens with zero attached hydrogens (tertiary/aromatic N) is 1. The van der Waals surface area contributed by atoms with Crippen LogP contribution in [-0.4, -0.2) is 60.8 Å². The fraction of sp³-hybridized carbons (Fsp3) is 0.889. The molecule has 0 aliphatic carbocycles. The average molecular weight is 322 g/mol. The van der Waals surface area contributed by atoms with E-state index in [0.29, 0.717) is 19.8 Å². The van der Waals surface area contributed by atoms with Gasteiger partial charge in [-0.15, -0.1) is 23.2 Å². The number of nitrogens with one attached hydrogen (secondary N) is 1. The second kappa shape index (κ2) is 9.01. The van der Waals surface area contributed by atoms with Crippen LogP contribution in [0.4, 0.5) is 4.79 Å². The number of halogens is 3. The smallest absolute Gasteiger partial charge is 0.431 e. The number of hydrogen-bond donors (Lipinski definition) is 1. The number of morpholine rings is 1. The quantitative estimate of drug-likeness (QED) is 0.591. The van der Waals surface area contributed by atoms with Crippen LogP contribution in [0.5, 0.6) is 0 Å². The summed E-state index contributed by atoms with van der Waals surface area (Å²) in [4.78, 5) is 17.0. The highest BCUT2D eigenvalue weighted by Crippen LogP contribution is 2.13. The molecule has 1 heterocycles. The van der Waals surface area contributed by atoms with Crippen molar-refractivity contribution in [2.24, 2.45) is 0 Å². The lowest BCUT2D eigenvalue weighted by Crippen LogP contribution is -2.39. The van der Waals surface area contributed by atoms with Crippen molar-refractivity contribution in [3.05, 3.63) is 0 Å². The van der Waals surface area contributed by atoms with Crippen LogP contribution in [0.3, 0.4) is 0 Å². The van der Waals surface area contributed by atoms with E-state index >= 15 is 0 Å². The van der Waals surface area contributed by atoms with Crippen molar-refractivity contribution in [1.29, 1.82) is 0 Å². The summed E-state index contributed by atoms with van der Waals surface area (Å²) in [5, 5.41) is 0. The van der Waals surface area contributed by atoms with Crippen molar-refractivity contribution in [1.82, 2.24) is 10.4 Å². The highest BCUT2D eigenvalue weighted by Gasteiger charge is 2.16. The summed E-state index contributed by atoms with van der Waals surface area (Å²) in [6, 6.07) is 0. The maximum Gasteiger partial charge on any atom is 0.431 e. The molecule has 1 unspecified atom stereocenters. The zero-order chi connectivity index (χ0) is 13.4. The Bertz CT molecular complexity index is 252. The van der Waals surface area contributed by atoms with E-state index in [1.165, 1.54) is 0 Å². The van der Waals surface area contributed by atoms with E-state index in [9.17, 15) is 4.79 Å². The molecule has 1 amide bonds. The van der Waals surface area contributed by atoms with Crippen LogP contribution in [0.15, 0.2) is 0 Å². The molecule has 0 aromatic rings. The van der Waals surface area contributed by atoms with Crippen molar-refractivity contribution in [3.8, 4) is 0 Å². The van der Waals surface area contributed by atoms with Gasteiger partial charge in [0, 0.05) is 19.6 Å². The van der Waals surface area contributed by atoms with Gasteiger partial charge >= 0.3 is 6.09 Å². The van der Waals surface area contributed by atoms with Gasteiger partial charge in [0.1, 0.15) is 11.4 Å². The molecule has 6 nitrogen and oxygen atoms in total. The number of rotatable bonds is 6. The van der Waals surface area contributed by atoms with E-state index < -0.39 is 16.5 Å². The van der Waals surface area contributed by atoms with Crippen molar-refractivity contribution in [2.45, 2.75) is 10.4 Å². The average Bonchev–Trinajstić information content (AvgIpc) is 2.37. The Morgan fingerprint density at radius 2 is 2.00 bits per heavy atom. The minimum absolute atomic E-state index is 0.257. The number of ether oxygens (including phenoxy) is 2. The third-order valence-electron chi connectivity index (χ3n) is 2.20. The molecule has 0 aromatic carbocycles. The van der Waals surface area contributed by atoms with Gasteiger partial charge in [0.2, 0.25) is 0 Å². The highest BCUT2D eigenvalue weighted by molar-refractivity contribution is 6.48. The van der Waals surface area contributed by atoms with Crippen LogP contribution in [0.25, 0.3) is 0 Å². The Labute approximate surface area is 120 Å². The fourth-order valence-electron chi connectivity index (χ4n) is 1.28. The molecule has 1 saturated heterocycles. The third kappa shape index (κ3) is 6.82. The molecule has 0 aromatic heterocycles. The Balaban J connectivity index is 2.02. The standard InChI is InChI=1S/C9H15Cl3N2O4/c10-7(11)8(12)18-13-9(15)17-6-3-14-1-4-16-5-2-14/h7-8H,1-6H2,(H,13,15). The molecular formula is C9H15Cl3N2O4. The van der Waals surface area contributed by atoms with Gasteiger partial charge in [-0.05, 0) is 0 Å². The van der Waals surface area contributed by atoms with E-state index in [1.54, 1.807) is 0 Å². The lowest BCUT2D eigenvalue weighted by atomic mass is 10.4. The summed E-state index contributed by atoms with van der Waals surface area (Å²) >= 11 is 16.4. The van der Waals surface area contributed by atoms with E-state index in [4.69, 9.17) is 44.3 Å². The van der Waals surface area contributed by atoms with Gasteiger partial charge in [0.25, 0.3) is 0 Å². The van der Waals surface area contributed by atoms with Crippen LogP contribution >= 0.6 is 34.8 Å². The second-order valence-electron chi connectivity index (χ2n) is 3.50. The number of amides is 1. The van der Waals surface area contributed by atoms with Crippen molar-refractivity contribution in [2.75, 3.05) is 39.5 Å².